The third-order valence-corrected chi connectivity index (χ3v) is 5.34. The van der Waals surface area contributed by atoms with E-state index in [1.165, 1.54) is 18.2 Å². The van der Waals surface area contributed by atoms with E-state index in [2.05, 4.69) is 9.47 Å². The van der Waals surface area contributed by atoms with Crippen molar-refractivity contribution in [3.05, 3.63) is 104 Å². The quantitative estimate of drug-likeness (QED) is 0.477. The van der Waals surface area contributed by atoms with E-state index < -0.39 is 4.92 Å². The molecule has 0 saturated carbocycles. The number of para-hydroxylation sites is 1. The first-order valence-corrected chi connectivity index (χ1v) is 9.40. The fourth-order valence-electron chi connectivity index (χ4n) is 4.01. The third kappa shape index (κ3) is 3.74. The van der Waals surface area contributed by atoms with Crippen LogP contribution in [0.25, 0.3) is 0 Å². The molecule has 1 aliphatic rings. The van der Waals surface area contributed by atoms with Gasteiger partial charge in [-0.3, -0.25) is 25.1 Å². The zero-order valence-electron chi connectivity index (χ0n) is 15.7. The number of aryl methyl sites for hydroxylation is 1. The molecule has 2 heterocycles. The lowest BCUT2D eigenvalue weighted by Crippen LogP contribution is -2.29. The molecule has 0 fully saturated rings. The summed E-state index contributed by atoms with van der Waals surface area (Å²) >= 11 is 0. The van der Waals surface area contributed by atoms with E-state index in [1.54, 1.807) is 24.3 Å². The zero-order chi connectivity index (χ0) is 20.4. The number of aromatic nitrogens is 1. The molecule has 4 rings (SSSR count). The Kier molecular flexibility index (Phi) is 5.09. The predicted molar refractivity (Wildman–Crippen MR) is 107 cm³/mol. The zero-order valence-corrected chi connectivity index (χ0v) is 15.7. The van der Waals surface area contributed by atoms with Crippen molar-refractivity contribution >= 4 is 11.4 Å². The molecule has 0 N–H and O–H groups in total. The number of hydrogen-bond acceptors (Lipinski definition) is 5. The maximum Gasteiger partial charge on any atom is 0.273 e. The number of nitrogens with zero attached hydrogens (tertiary/aromatic N) is 4. The lowest BCUT2D eigenvalue weighted by molar-refractivity contribution is -0.385. The number of nitro benzene ring substituents is 2. The highest BCUT2D eigenvalue weighted by Crippen LogP contribution is 2.34. The molecule has 29 heavy (non-hydrogen) atoms. The molecule has 0 bridgehead atoms. The fourth-order valence-corrected chi connectivity index (χ4v) is 4.01. The number of benzene rings is 2. The standard InChI is InChI=1S/C21H20N4O4/c26-24(27)18-10-8-16(9-11-18)21-20-7-3-12-22(20)13-4-14-23(21)15-17-5-1-2-6-19(17)25(28)29/h1-3,5-12,21H,4,13-15H2. The molecule has 0 amide bonds. The molecule has 148 valence electrons. The Morgan fingerprint density at radius 1 is 0.897 bits per heavy atom. The Balaban J connectivity index is 1.75. The van der Waals surface area contributed by atoms with Crippen LogP contribution in [0.2, 0.25) is 0 Å². The van der Waals surface area contributed by atoms with Crippen LogP contribution in [0, 0.1) is 20.2 Å². The molecule has 2 aromatic carbocycles. The van der Waals surface area contributed by atoms with Crippen molar-refractivity contribution in [2.45, 2.75) is 25.6 Å². The van der Waals surface area contributed by atoms with Gasteiger partial charge in [0.15, 0.2) is 0 Å². The van der Waals surface area contributed by atoms with Gasteiger partial charge in [-0.15, -0.1) is 0 Å². The van der Waals surface area contributed by atoms with Gasteiger partial charge in [0.25, 0.3) is 11.4 Å². The van der Waals surface area contributed by atoms with Crippen molar-refractivity contribution in [2.24, 2.45) is 0 Å². The molecular weight excluding hydrogens is 372 g/mol. The number of rotatable bonds is 5. The third-order valence-electron chi connectivity index (χ3n) is 5.34. The Morgan fingerprint density at radius 2 is 1.66 bits per heavy atom. The fraction of sp³-hybridized carbons (Fsp3) is 0.238. The van der Waals surface area contributed by atoms with E-state index in [1.807, 2.05) is 24.4 Å². The van der Waals surface area contributed by atoms with Crippen molar-refractivity contribution in [1.29, 1.82) is 0 Å². The molecule has 1 aliphatic heterocycles. The van der Waals surface area contributed by atoms with Gasteiger partial charge in [-0.2, -0.15) is 0 Å². The Hall–Kier alpha value is -3.52. The summed E-state index contributed by atoms with van der Waals surface area (Å²) in [5.74, 6) is 0. The molecule has 8 nitrogen and oxygen atoms in total. The van der Waals surface area contributed by atoms with Crippen LogP contribution in [0.5, 0.6) is 0 Å². The van der Waals surface area contributed by atoms with Crippen LogP contribution in [0.15, 0.2) is 66.9 Å². The molecule has 0 spiro atoms. The number of hydrogen-bond donors (Lipinski definition) is 0. The van der Waals surface area contributed by atoms with Gasteiger partial charge in [0.05, 0.1) is 15.9 Å². The first-order chi connectivity index (χ1) is 14.0. The van der Waals surface area contributed by atoms with Crippen LogP contribution < -0.4 is 0 Å². The Labute approximate surface area is 167 Å². The predicted octanol–water partition coefficient (Wildman–Crippen LogP) is 4.30. The van der Waals surface area contributed by atoms with Crippen LogP contribution in [-0.2, 0) is 13.1 Å². The van der Waals surface area contributed by atoms with Crippen LogP contribution in [-0.4, -0.2) is 25.9 Å². The topological polar surface area (TPSA) is 94.5 Å². The van der Waals surface area contributed by atoms with E-state index in [0.29, 0.717) is 12.1 Å². The second-order valence-corrected chi connectivity index (χ2v) is 7.09. The molecule has 1 unspecified atom stereocenters. The van der Waals surface area contributed by atoms with Gasteiger partial charge >= 0.3 is 0 Å². The van der Waals surface area contributed by atoms with Gasteiger partial charge in [0.1, 0.15) is 0 Å². The first kappa shape index (κ1) is 18.8. The monoisotopic (exact) mass is 392 g/mol. The molecule has 1 atom stereocenters. The summed E-state index contributed by atoms with van der Waals surface area (Å²) in [6.45, 7) is 2.04. The largest absolute Gasteiger partial charge is 0.350 e. The molecular formula is C21H20N4O4. The SMILES string of the molecule is O=[N+]([O-])c1ccc(C2c3cccn3CCCN2Cc2ccccc2[N+](=O)[O-])cc1. The Bertz CT molecular complexity index is 1040. The Morgan fingerprint density at radius 3 is 2.38 bits per heavy atom. The lowest BCUT2D eigenvalue weighted by Gasteiger charge is -2.30. The summed E-state index contributed by atoms with van der Waals surface area (Å²) in [7, 11) is 0. The normalized spacial score (nSPS) is 16.8. The van der Waals surface area contributed by atoms with E-state index in [-0.39, 0.29) is 22.3 Å². The van der Waals surface area contributed by atoms with E-state index >= 15 is 0 Å². The van der Waals surface area contributed by atoms with Crippen LogP contribution in [0.4, 0.5) is 11.4 Å². The maximum atomic E-state index is 11.5. The number of nitro groups is 2. The van der Waals surface area contributed by atoms with E-state index in [4.69, 9.17) is 0 Å². The molecule has 8 heteroatoms. The van der Waals surface area contributed by atoms with Gasteiger partial charge in [-0.1, -0.05) is 30.3 Å². The highest BCUT2D eigenvalue weighted by Gasteiger charge is 2.29. The number of non-ortho nitro benzene ring substituents is 1. The van der Waals surface area contributed by atoms with Gasteiger partial charge in [-0.25, -0.2) is 0 Å². The average Bonchev–Trinajstić information content (AvgIpc) is 3.10. The summed E-state index contributed by atoms with van der Waals surface area (Å²) in [4.78, 5) is 23.9. The molecule has 0 aliphatic carbocycles. The van der Waals surface area contributed by atoms with Crippen LogP contribution in [0.3, 0.4) is 0 Å². The molecule has 0 radical (unpaired) electrons. The maximum absolute atomic E-state index is 11.5. The van der Waals surface area contributed by atoms with Gasteiger partial charge in [0.2, 0.25) is 0 Å². The smallest absolute Gasteiger partial charge is 0.273 e. The summed E-state index contributed by atoms with van der Waals surface area (Å²) in [6, 6.07) is 17.3. The van der Waals surface area contributed by atoms with Gasteiger partial charge < -0.3 is 4.57 Å². The molecule has 1 aromatic heterocycles. The lowest BCUT2D eigenvalue weighted by atomic mass is 10.0. The summed E-state index contributed by atoms with van der Waals surface area (Å²) in [5.41, 5.74) is 2.81. The van der Waals surface area contributed by atoms with Gasteiger partial charge in [-0.05, 0) is 24.1 Å². The van der Waals surface area contributed by atoms with Gasteiger partial charge in [0, 0.05) is 55.3 Å². The summed E-state index contributed by atoms with van der Waals surface area (Å²) in [6.07, 6.45) is 2.94. The van der Waals surface area contributed by atoms with E-state index in [9.17, 15) is 20.2 Å². The van der Waals surface area contributed by atoms with Crippen LogP contribution in [0.1, 0.15) is 29.3 Å². The summed E-state index contributed by atoms with van der Waals surface area (Å²) < 4.78 is 2.19. The minimum Gasteiger partial charge on any atom is -0.350 e. The second kappa shape index (κ2) is 7.84. The second-order valence-electron chi connectivity index (χ2n) is 7.09. The highest BCUT2D eigenvalue weighted by molar-refractivity contribution is 5.41. The summed E-state index contributed by atoms with van der Waals surface area (Å²) in [5, 5.41) is 22.5. The minimum absolute atomic E-state index is 0.0444. The van der Waals surface area contributed by atoms with Crippen molar-refractivity contribution in [2.75, 3.05) is 6.54 Å². The van der Waals surface area contributed by atoms with Crippen molar-refractivity contribution in [3.8, 4) is 0 Å². The van der Waals surface area contributed by atoms with E-state index in [0.717, 1.165) is 30.8 Å². The first-order valence-electron chi connectivity index (χ1n) is 9.40. The van der Waals surface area contributed by atoms with Crippen molar-refractivity contribution in [3.63, 3.8) is 0 Å². The number of fused-ring (bicyclic) bond motifs is 1. The minimum atomic E-state index is -0.412. The molecule has 3 aromatic rings. The van der Waals surface area contributed by atoms with Crippen LogP contribution >= 0.6 is 0 Å². The molecule has 0 saturated heterocycles. The van der Waals surface area contributed by atoms with Crippen molar-refractivity contribution < 1.29 is 9.85 Å². The average molecular weight is 392 g/mol. The highest BCUT2D eigenvalue weighted by atomic mass is 16.6. The van der Waals surface area contributed by atoms with Crippen molar-refractivity contribution in [1.82, 2.24) is 9.47 Å².